The summed E-state index contributed by atoms with van der Waals surface area (Å²) in [4.78, 5) is 10.4. The maximum absolute atomic E-state index is 10.4. The van der Waals surface area contributed by atoms with Gasteiger partial charge >= 0.3 is 5.97 Å². The molecule has 4 nitrogen and oxygen atoms in total. The van der Waals surface area contributed by atoms with Crippen molar-refractivity contribution in [3.8, 4) is 5.75 Å². The van der Waals surface area contributed by atoms with E-state index in [2.05, 4.69) is 17.4 Å². The minimum absolute atomic E-state index is 0.140. The second kappa shape index (κ2) is 8.85. The van der Waals surface area contributed by atoms with Crippen molar-refractivity contribution in [1.82, 2.24) is 5.32 Å². The molecule has 0 radical (unpaired) electrons. The number of aliphatic carboxylic acids is 1. The zero-order valence-electron chi connectivity index (χ0n) is 12.5. The second-order valence-electron chi connectivity index (χ2n) is 5.05. The highest BCUT2D eigenvalue weighted by atomic mass is 16.5. The standard InChI is InChI=1S/C18H21NO3/c20-18(21)10-12-19-14-16-6-8-17(9-7-16)22-13-11-15-4-2-1-3-5-15/h1-9,19H,10-14H2,(H,20,21). The van der Waals surface area contributed by atoms with Crippen molar-refractivity contribution in [3.05, 3.63) is 65.7 Å². The lowest BCUT2D eigenvalue weighted by atomic mass is 10.2. The summed E-state index contributed by atoms with van der Waals surface area (Å²) < 4.78 is 5.72. The van der Waals surface area contributed by atoms with Crippen LogP contribution in [0.4, 0.5) is 0 Å². The van der Waals surface area contributed by atoms with Gasteiger partial charge < -0.3 is 15.2 Å². The van der Waals surface area contributed by atoms with E-state index in [1.165, 1.54) is 5.56 Å². The first-order chi connectivity index (χ1) is 10.7. The van der Waals surface area contributed by atoms with Crippen molar-refractivity contribution < 1.29 is 14.6 Å². The van der Waals surface area contributed by atoms with Gasteiger partial charge in [-0.25, -0.2) is 0 Å². The molecule has 0 aliphatic rings. The summed E-state index contributed by atoms with van der Waals surface area (Å²) in [6.07, 6.45) is 1.03. The summed E-state index contributed by atoms with van der Waals surface area (Å²) >= 11 is 0. The highest BCUT2D eigenvalue weighted by Crippen LogP contribution is 2.12. The molecule has 0 unspecified atom stereocenters. The molecule has 0 bridgehead atoms. The quantitative estimate of drug-likeness (QED) is 0.699. The van der Waals surface area contributed by atoms with Gasteiger partial charge in [-0.05, 0) is 23.3 Å². The van der Waals surface area contributed by atoms with Crippen molar-refractivity contribution in [2.75, 3.05) is 13.2 Å². The molecular weight excluding hydrogens is 278 g/mol. The number of carboxylic acid groups (broad SMARTS) is 1. The highest BCUT2D eigenvalue weighted by molar-refractivity contribution is 5.66. The largest absolute Gasteiger partial charge is 0.493 e. The molecule has 0 amide bonds. The first-order valence-corrected chi connectivity index (χ1v) is 7.42. The lowest BCUT2D eigenvalue weighted by Crippen LogP contribution is -2.17. The average molecular weight is 299 g/mol. The molecule has 0 spiro atoms. The van der Waals surface area contributed by atoms with E-state index in [4.69, 9.17) is 9.84 Å². The topological polar surface area (TPSA) is 58.6 Å². The van der Waals surface area contributed by atoms with Gasteiger partial charge in [-0.1, -0.05) is 42.5 Å². The van der Waals surface area contributed by atoms with Gasteiger partial charge in [-0.15, -0.1) is 0 Å². The first-order valence-electron chi connectivity index (χ1n) is 7.42. The van der Waals surface area contributed by atoms with Crippen LogP contribution >= 0.6 is 0 Å². The molecule has 0 heterocycles. The molecule has 0 aliphatic carbocycles. The molecule has 116 valence electrons. The summed E-state index contributed by atoms with van der Waals surface area (Å²) in [6, 6.07) is 18.1. The smallest absolute Gasteiger partial charge is 0.304 e. The van der Waals surface area contributed by atoms with Crippen LogP contribution in [0.2, 0.25) is 0 Å². The zero-order valence-corrected chi connectivity index (χ0v) is 12.5. The number of nitrogens with one attached hydrogen (secondary N) is 1. The van der Waals surface area contributed by atoms with Crippen LogP contribution in [0.5, 0.6) is 5.75 Å². The molecule has 0 atom stereocenters. The minimum atomic E-state index is -0.783. The number of benzene rings is 2. The summed E-state index contributed by atoms with van der Waals surface area (Å²) in [5.74, 6) is 0.0693. The SMILES string of the molecule is O=C(O)CCNCc1ccc(OCCc2ccccc2)cc1. The molecular formula is C18H21NO3. The van der Waals surface area contributed by atoms with Crippen molar-refractivity contribution in [2.24, 2.45) is 0 Å². The number of carboxylic acids is 1. The number of rotatable bonds is 9. The molecule has 0 aromatic heterocycles. The average Bonchev–Trinajstić information content (AvgIpc) is 2.54. The summed E-state index contributed by atoms with van der Waals surface area (Å²) in [7, 11) is 0. The van der Waals surface area contributed by atoms with Gasteiger partial charge in [-0.3, -0.25) is 4.79 Å². The highest BCUT2D eigenvalue weighted by Gasteiger charge is 1.99. The Morgan fingerprint density at radius 2 is 1.73 bits per heavy atom. The van der Waals surface area contributed by atoms with Crippen molar-refractivity contribution in [2.45, 2.75) is 19.4 Å². The van der Waals surface area contributed by atoms with Crippen LogP contribution in [0.1, 0.15) is 17.5 Å². The fourth-order valence-corrected chi connectivity index (χ4v) is 2.06. The second-order valence-corrected chi connectivity index (χ2v) is 5.05. The van der Waals surface area contributed by atoms with E-state index in [9.17, 15) is 4.79 Å². The van der Waals surface area contributed by atoms with Crippen LogP contribution in [-0.4, -0.2) is 24.2 Å². The monoisotopic (exact) mass is 299 g/mol. The zero-order chi connectivity index (χ0) is 15.6. The van der Waals surface area contributed by atoms with E-state index >= 15 is 0 Å². The molecule has 4 heteroatoms. The molecule has 0 fully saturated rings. The van der Waals surface area contributed by atoms with Gasteiger partial charge in [0.25, 0.3) is 0 Å². The van der Waals surface area contributed by atoms with Crippen LogP contribution < -0.4 is 10.1 Å². The van der Waals surface area contributed by atoms with Gasteiger partial charge in [0.05, 0.1) is 13.0 Å². The lowest BCUT2D eigenvalue weighted by Gasteiger charge is -2.08. The van der Waals surface area contributed by atoms with Crippen molar-refractivity contribution >= 4 is 5.97 Å². The lowest BCUT2D eigenvalue weighted by molar-refractivity contribution is -0.136. The van der Waals surface area contributed by atoms with Crippen LogP contribution in [0.15, 0.2) is 54.6 Å². The maximum Gasteiger partial charge on any atom is 0.304 e. The molecule has 22 heavy (non-hydrogen) atoms. The molecule has 2 aromatic carbocycles. The third-order valence-electron chi connectivity index (χ3n) is 3.27. The Labute approximate surface area is 130 Å². The number of carbonyl (C=O) groups is 1. The minimum Gasteiger partial charge on any atom is -0.493 e. The molecule has 2 N–H and O–H groups in total. The fourth-order valence-electron chi connectivity index (χ4n) is 2.06. The van der Waals surface area contributed by atoms with E-state index < -0.39 is 5.97 Å². The molecule has 2 aromatic rings. The van der Waals surface area contributed by atoms with Crippen LogP contribution in [0, 0.1) is 0 Å². The Balaban J connectivity index is 1.69. The third-order valence-corrected chi connectivity index (χ3v) is 3.27. The normalized spacial score (nSPS) is 10.4. The van der Waals surface area contributed by atoms with Crippen molar-refractivity contribution in [1.29, 1.82) is 0 Å². The van der Waals surface area contributed by atoms with E-state index in [-0.39, 0.29) is 6.42 Å². The number of ether oxygens (including phenoxy) is 1. The summed E-state index contributed by atoms with van der Waals surface area (Å²) in [5.41, 5.74) is 2.38. The fraction of sp³-hybridized carbons (Fsp3) is 0.278. The molecule has 0 saturated carbocycles. The first kappa shape index (κ1) is 16.0. The van der Waals surface area contributed by atoms with Gasteiger partial charge in [0, 0.05) is 19.5 Å². The number of hydrogen-bond acceptors (Lipinski definition) is 3. The van der Waals surface area contributed by atoms with Crippen LogP contribution in [-0.2, 0) is 17.8 Å². The van der Waals surface area contributed by atoms with E-state index in [1.54, 1.807) is 0 Å². The Hall–Kier alpha value is -2.33. The summed E-state index contributed by atoms with van der Waals surface area (Å²) in [6.45, 7) is 1.79. The summed E-state index contributed by atoms with van der Waals surface area (Å²) in [5, 5.41) is 11.7. The predicted molar refractivity (Wildman–Crippen MR) is 86.0 cm³/mol. The van der Waals surface area contributed by atoms with Gasteiger partial charge in [0.2, 0.25) is 0 Å². The molecule has 0 aliphatic heterocycles. The predicted octanol–water partition coefficient (Wildman–Crippen LogP) is 2.87. The van der Waals surface area contributed by atoms with Crippen molar-refractivity contribution in [3.63, 3.8) is 0 Å². The molecule has 2 rings (SSSR count). The van der Waals surface area contributed by atoms with E-state index in [1.807, 2.05) is 42.5 Å². The Kier molecular flexibility index (Phi) is 6.45. The van der Waals surface area contributed by atoms with Gasteiger partial charge in [0.15, 0.2) is 0 Å². The van der Waals surface area contributed by atoms with Crippen LogP contribution in [0.25, 0.3) is 0 Å². The van der Waals surface area contributed by atoms with Gasteiger partial charge in [0.1, 0.15) is 5.75 Å². The van der Waals surface area contributed by atoms with E-state index in [0.29, 0.717) is 19.7 Å². The maximum atomic E-state index is 10.4. The Morgan fingerprint density at radius 1 is 1.00 bits per heavy atom. The third kappa shape index (κ3) is 5.97. The van der Waals surface area contributed by atoms with E-state index in [0.717, 1.165) is 17.7 Å². The molecule has 0 saturated heterocycles. The number of hydrogen-bond donors (Lipinski definition) is 2. The van der Waals surface area contributed by atoms with Crippen LogP contribution in [0.3, 0.4) is 0 Å². The Bertz CT molecular complexity index is 567. The Morgan fingerprint density at radius 3 is 2.41 bits per heavy atom. The van der Waals surface area contributed by atoms with Gasteiger partial charge in [-0.2, -0.15) is 0 Å².